The third-order valence-corrected chi connectivity index (χ3v) is 5.23. The zero-order valence-corrected chi connectivity index (χ0v) is 11.3. The Labute approximate surface area is 102 Å². The Balaban J connectivity index is 3.32. The van der Waals surface area contributed by atoms with E-state index in [1.165, 1.54) is 29.8 Å². The fraction of sp³-hybridized carbons (Fsp3) is 0.545. The van der Waals surface area contributed by atoms with Crippen molar-refractivity contribution < 1.29 is 8.42 Å². The lowest BCUT2D eigenvalue weighted by Crippen LogP contribution is -2.45. The fourth-order valence-corrected chi connectivity index (χ4v) is 2.91. The maximum absolute atomic E-state index is 12.3. The monoisotopic (exact) mass is 258 g/mol. The largest absolute Gasteiger partial charge is 0.366 e. The van der Waals surface area contributed by atoms with Gasteiger partial charge >= 0.3 is 0 Å². The van der Waals surface area contributed by atoms with E-state index in [0.717, 1.165) is 0 Å². The van der Waals surface area contributed by atoms with Gasteiger partial charge in [-0.1, -0.05) is 6.92 Å². The molecule has 0 atom stereocenters. The number of aromatic nitrogens is 1. The number of aromatic amines is 1. The summed E-state index contributed by atoms with van der Waals surface area (Å²) < 4.78 is 25.8. The number of hydrogen-bond donors (Lipinski definition) is 1. The molecule has 0 aliphatic carbocycles. The number of hydrogen-bond acceptors (Lipinski definition) is 3. The van der Waals surface area contributed by atoms with Crippen molar-refractivity contribution in [1.29, 1.82) is 0 Å². The molecule has 0 spiro atoms. The molecule has 6 heteroatoms. The molecule has 0 aliphatic heterocycles. The Kier molecular flexibility index (Phi) is 3.78. The molecule has 0 saturated heterocycles. The summed E-state index contributed by atoms with van der Waals surface area (Å²) in [7, 11) is -2.26. The molecule has 0 aliphatic rings. The molecular formula is C11H18N2O3S. The molecular weight excluding hydrogens is 240 g/mol. The summed E-state index contributed by atoms with van der Waals surface area (Å²) in [5.74, 6) is 0. The zero-order valence-electron chi connectivity index (χ0n) is 10.5. The van der Waals surface area contributed by atoms with Crippen LogP contribution in [0.5, 0.6) is 0 Å². The van der Waals surface area contributed by atoms with Crippen LogP contribution in [0, 0.1) is 0 Å². The van der Waals surface area contributed by atoms with Gasteiger partial charge in [0.25, 0.3) is 0 Å². The van der Waals surface area contributed by atoms with Crippen LogP contribution in [0.3, 0.4) is 0 Å². The number of nitrogens with one attached hydrogen (secondary N) is 1. The molecule has 96 valence electrons. The Hall–Kier alpha value is -1.14. The van der Waals surface area contributed by atoms with Crippen molar-refractivity contribution >= 4 is 10.0 Å². The highest BCUT2D eigenvalue weighted by atomic mass is 32.2. The molecule has 0 unspecified atom stereocenters. The molecule has 0 amide bonds. The van der Waals surface area contributed by atoms with E-state index < -0.39 is 21.0 Å². The van der Waals surface area contributed by atoms with Gasteiger partial charge in [-0.05, 0) is 20.3 Å². The second-order valence-electron chi connectivity index (χ2n) is 4.51. The van der Waals surface area contributed by atoms with Crippen LogP contribution >= 0.6 is 0 Å². The summed E-state index contributed by atoms with van der Waals surface area (Å²) in [4.78, 5) is 14.0. The van der Waals surface area contributed by atoms with Crippen LogP contribution in [-0.4, -0.2) is 30.3 Å². The highest BCUT2D eigenvalue weighted by Gasteiger charge is 2.33. The Morgan fingerprint density at radius 2 is 2.00 bits per heavy atom. The van der Waals surface area contributed by atoms with Crippen molar-refractivity contribution in [2.24, 2.45) is 0 Å². The lowest BCUT2D eigenvalue weighted by molar-refractivity contribution is 0.257. The van der Waals surface area contributed by atoms with Gasteiger partial charge in [0.1, 0.15) is 4.90 Å². The molecule has 1 aromatic rings. The molecule has 17 heavy (non-hydrogen) atoms. The van der Waals surface area contributed by atoms with E-state index in [4.69, 9.17) is 0 Å². The standard InChI is InChI=1S/C11H18N2O3S/c1-5-11(2,3)13(4)17(15,16)10-8-12-7-6-9(10)14/h6-8H,5H2,1-4H3,(H,12,14). The zero-order chi connectivity index (χ0) is 13.3. The molecule has 0 radical (unpaired) electrons. The Bertz CT molecular complexity index is 546. The summed E-state index contributed by atoms with van der Waals surface area (Å²) in [5.41, 5.74) is -1.02. The number of H-pyrrole nitrogens is 1. The first kappa shape index (κ1) is 13.9. The highest BCUT2D eigenvalue weighted by Crippen LogP contribution is 2.23. The van der Waals surface area contributed by atoms with Gasteiger partial charge in [-0.25, -0.2) is 8.42 Å². The third kappa shape index (κ3) is 2.58. The van der Waals surface area contributed by atoms with E-state index in [9.17, 15) is 13.2 Å². The van der Waals surface area contributed by atoms with E-state index in [-0.39, 0.29) is 4.90 Å². The molecule has 0 bridgehead atoms. The molecule has 0 saturated carbocycles. The van der Waals surface area contributed by atoms with Crippen molar-refractivity contribution in [1.82, 2.24) is 9.29 Å². The molecule has 1 rings (SSSR count). The van der Waals surface area contributed by atoms with E-state index in [1.54, 1.807) is 0 Å². The second-order valence-corrected chi connectivity index (χ2v) is 6.45. The predicted molar refractivity (Wildman–Crippen MR) is 66.4 cm³/mol. The lowest BCUT2D eigenvalue weighted by Gasteiger charge is -2.33. The maximum Gasteiger partial charge on any atom is 0.248 e. The maximum atomic E-state index is 12.3. The van der Waals surface area contributed by atoms with E-state index in [1.807, 2.05) is 20.8 Å². The first-order valence-electron chi connectivity index (χ1n) is 5.39. The second kappa shape index (κ2) is 4.62. The summed E-state index contributed by atoms with van der Waals surface area (Å²) in [6.45, 7) is 5.55. The van der Waals surface area contributed by atoms with Gasteiger partial charge in [-0.15, -0.1) is 0 Å². The van der Waals surface area contributed by atoms with Crippen LogP contribution in [0.4, 0.5) is 0 Å². The smallest absolute Gasteiger partial charge is 0.248 e. The SMILES string of the molecule is CCC(C)(C)N(C)S(=O)(=O)c1c[nH]ccc1=O. The topological polar surface area (TPSA) is 70.2 Å². The number of sulfonamides is 1. The van der Waals surface area contributed by atoms with E-state index in [2.05, 4.69) is 4.98 Å². The number of pyridine rings is 1. The summed E-state index contributed by atoms with van der Waals surface area (Å²) >= 11 is 0. The van der Waals surface area contributed by atoms with Crippen molar-refractivity contribution in [3.8, 4) is 0 Å². The predicted octanol–water partition coefficient (Wildman–Crippen LogP) is 1.18. The molecule has 0 fully saturated rings. The quantitative estimate of drug-likeness (QED) is 0.881. The minimum absolute atomic E-state index is 0.218. The first-order chi connectivity index (χ1) is 7.73. The highest BCUT2D eigenvalue weighted by molar-refractivity contribution is 7.89. The molecule has 1 heterocycles. The average molecular weight is 258 g/mol. The van der Waals surface area contributed by atoms with Crippen LogP contribution in [0.2, 0.25) is 0 Å². The average Bonchev–Trinajstić information content (AvgIpc) is 2.28. The van der Waals surface area contributed by atoms with Gasteiger partial charge < -0.3 is 4.98 Å². The fourth-order valence-electron chi connectivity index (χ4n) is 1.30. The van der Waals surface area contributed by atoms with Gasteiger partial charge in [-0.3, -0.25) is 4.79 Å². The number of nitrogens with zero attached hydrogens (tertiary/aromatic N) is 1. The van der Waals surface area contributed by atoms with Gasteiger partial charge in [0.15, 0.2) is 0 Å². The normalized spacial score (nSPS) is 13.0. The minimum Gasteiger partial charge on any atom is -0.366 e. The van der Waals surface area contributed by atoms with Crippen molar-refractivity contribution in [2.75, 3.05) is 7.05 Å². The molecule has 1 aromatic heterocycles. The van der Waals surface area contributed by atoms with Crippen molar-refractivity contribution in [3.05, 3.63) is 28.7 Å². The van der Waals surface area contributed by atoms with Gasteiger partial charge in [0.05, 0.1) is 0 Å². The van der Waals surface area contributed by atoms with Crippen LogP contribution in [-0.2, 0) is 10.0 Å². The van der Waals surface area contributed by atoms with E-state index >= 15 is 0 Å². The summed E-state index contributed by atoms with van der Waals surface area (Å²) in [5, 5.41) is 0. The first-order valence-corrected chi connectivity index (χ1v) is 6.83. The summed E-state index contributed by atoms with van der Waals surface area (Å²) in [6.07, 6.45) is 3.29. The molecule has 1 N–H and O–H groups in total. The Morgan fingerprint density at radius 1 is 1.41 bits per heavy atom. The van der Waals surface area contributed by atoms with E-state index in [0.29, 0.717) is 6.42 Å². The van der Waals surface area contributed by atoms with Crippen LogP contribution in [0.25, 0.3) is 0 Å². The van der Waals surface area contributed by atoms with Crippen LogP contribution in [0.15, 0.2) is 28.2 Å². The molecule has 0 aromatic carbocycles. The minimum atomic E-state index is -3.75. The van der Waals surface area contributed by atoms with Crippen LogP contribution < -0.4 is 5.43 Å². The lowest BCUT2D eigenvalue weighted by atomic mass is 10.0. The van der Waals surface area contributed by atoms with Crippen LogP contribution in [0.1, 0.15) is 27.2 Å². The summed E-state index contributed by atoms with van der Waals surface area (Å²) in [6, 6.07) is 1.21. The van der Waals surface area contributed by atoms with Crippen molar-refractivity contribution in [2.45, 2.75) is 37.6 Å². The van der Waals surface area contributed by atoms with Gasteiger partial charge in [0.2, 0.25) is 15.5 Å². The van der Waals surface area contributed by atoms with Crippen molar-refractivity contribution in [3.63, 3.8) is 0 Å². The van der Waals surface area contributed by atoms with Gasteiger partial charge in [-0.2, -0.15) is 4.31 Å². The third-order valence-electron chi connectivity index (χ3n) is 3.14. The van der Waals surface area contributed by atoms with Gasteiger partial charge in [0, 0.05) is 31.0 Å². The molecule has 5 nitrogen and oxygen atoms in total. The Morgan fingerprint density at radius 3 is 2.47 bits per heavy atom. The number of rotatable bonds is 4.